The molecule has 6 heteroatoms. The monoisotopic (exact) mass is 362 g/mol. The van der Waals surface area contributed by atoms with Crippen LogP contribution in [0.3, 0.4) is 0 Å². The van der Waals surface area contributed by atoms with Crippen LogP contribution in [0.15, 0.2) is 42.0 Å². The summed E-state index contributed by atoms with van der Waals surface area (Å²) in [5.74, 6) is -1.59. The molecule has 0 amide bonds. The third-order valence-electron chi connectivity index (χ3n) is 4.49. The zero-order valence-corrected chi connectivity index (χ0v) is 14.2. The number of carboxylic acid groups (broad SMARTS) is 1. The van der Waals surface area contributed by atoms with E-state index in [2.05, 4.69) is 0 Å². The molecule has 1 aliphatic rings. The number of benzene rings is 2. The van der Waals surface area contributed by atoms with Gasteiger partial charge in [-0.1, -0.05) is 24.3 Å². The average molecular weight is 362 g/mol. The molecule has 1 atom stereocenters. The Balaban J connectivity index is 2.03. The van der Waals surface area contributed by atoms with Crippen molar-refractivity contribution in [3.05, 3.63) is 69.8 Å². The minimum Gasteiger partial charge on any atom is -0.478 e. The highest BCUT2D eigenvalue weighted by atomic mass is 19.4. The van der Waals surface area contributed by atoms with Crippen molar-refractivity contribution in [2.75, 3.05) is 0 Å². The van der Waals surface area contributed by atoms with E-state index >= 15 is 0 Å². The van der Waals surface area contributed by atoms with Crippen LogP contribution in [0.2, 0.25) is 0 Å². The number of halogens is 3. The molecule has 1 aliphatic heterocycles. The summed E-state index contributed by atoms with van der Waals surface area (Å²) in [5, 5.41) is 9.10. The molecule has 0 aliphatic carbocycles. The van der Waals surface area contributed by atoms with Crippen LogP contribution in [0.25, 0.3) is 6.08 Å². The smallest absolute Gasteiger partial charge is 0.430 e. The van der Waals surface area contributed by atoms with Crippen molar-refractivity contribution in [1.82, 2.24) is 0 Å². The van der Waals surface area contributed by atoms with Gasteiger partial charge in [0.25, 0.3) is 0 Å². The van der Waals surface area contributed by atoms with E-state index in [1.165, 1.54) is 0 Å². The molecule has 136 valence electrons. The van der Waals surface area contributed by atoms with Gasteiger partial charge in [-0.3, -0.25) is 0 Å². The quantitative estimate of drug-likeness (QED) is 0.862. The van der Waals surface area contributed by atoms with E-state index in [0.29, 0.717) is 12.0 Å². The van der Waals surface area contributed by atoms with Gasteiger partial charge < -0.3 is 9.84 Å². The predicted molar refractivity (Wildman–Crippen MR) is 91.2 cm³/mol. The van der Waals surface area contributed by atoms with E-state index in [0.717, 1.165) is 28.3 Å². The van der Waals surface area contributed by atoms with E-state index in [-0.39, 0.29) is 5.75 Å². The van der Waals surface area contributed by atoms with Crippen LogP contribution < -0.4 is 4.74 Å². The zero-order valence-electron chi connectivity index (χ0n) is 14.2. The van der Waals surface area contributed by atoms with Gasteiger partial charge >= 0.3 is 12.1 Å². The van der Waals surface area contributed by atoms with Crippen LogP contribution in [0.1, 0.15) is 27.8 Å². The first kappa shape index (κ1) is 18.0. The summed E-state index contributed by atoms with van der Waals surface area (Å²) in [6.07, 6.45) is -5.67. The number of aliphatic carboxylic acids is 1. The van der Waals surface area contributed by atoms with Crippen LogP contribution in [0.4, 0.5) is 13.2 Å². The fourth-order valence-electron chi connectivity index (χ4n) is 3.02. The van der Waals surface area contributed by atoms with Crippen LogP contribution in [-0.4, -0.2) is 23.4 Å². The second kappa shape index (κ2) is 6.52. The standard InChI is InChI=1S/C20H17F3O3/c1-11-5-3-4-6-13(11)8-14-10-17-15(7-12(14)2)9-16(19(24)25)18(26-17)20(21,22)23/h3-7,9-10,18H,8H2,1-2H3,(H,24,25). The third kappa shape index (κ3) is 3.45. The highest BCUT2D eigenvalue weighted by Crippen LogP contribution is 2.38. The molecule has 1 N–H and O–H groups in total. The molecule has 2 aromatic rings. The number of hydrogen-bond donors (Lipinski definition) is 1. The Hall–Kier alpha value is -2.76. The molecule has 0 bridgehead atoms. The summed E-state index contributed by atoms with van der Waals surface area (Å²) in [6, 6.07) is 11.0. The van der Waals surface area contributed by atoms with Gasteiger partial charge in [0.15, 0.2) is 0 Å². The summed E-state index contributed by atoms with van der Waals surface area (Å²) < 4.78 is 44.6. The van der Waals surface area contributed by atoms with Crippen LogP contribution in [-0.2, 0) is 11.2 Å². The van der Waals surface area contributed by atoms with Crippen molar-refractivity contribution in [3.63, 3.8) is 0 Å². The first-order chi connectivity index (χ1) is 12.2. The van der Waals surface area contributed by atoms with Crippen molar-refractivity contribution in [3.8, 4) is 5.75 Å². The molecule has 26 heavy (non-hydrogen) atoms. The Morgan fingerprint density at radius 3 is 2.42 bits per heavy atom. The average Bonchev–Trinajstić information content (AvgIpc) is 2.55. The molecule has 1 unspecified atom stereocenters. The number of fused-ring (bicyclic) bond motifs is 1. The molecule has 3 rings (SSSR count). The minimum atomic E-state index is -4.80. The van der Waals surface area contributed by atoms with Gasteiger partial charge in [0.1, 0.15) is 5.75 Å². The SMILES string of the molecule is Cc1ccccc1Cc1cc2c(cc1C)C=C(C(=O)O)C(C(F)(F)F)O2. The molecule has 0 spiro atoms. The number of carboxylic acids is 1. The lowest BCUT2D eigenvalue weighted by molar-refractivity contribution is -0.187. The molecule has 0 radical (unpaired) electrons. The molecule has 0 fully saturated rings. The van der Waals surface area contributed by atoms with E-state index in [1.54, 1.807) is 12.1 Å². The van der Waals surface area contributed by atoms with E-state index in [9.17, 15) is 18.0 Å². The largest absolute Gasteiger partial charge is 0.478 e. The Morgan fingerprint density at radius 1 is 1.12 bits per heavy atom. The first-order valence-corrected chi connectivity index (χ1v) is 8.03. The molecule has 0 saturated carbocycles. The maximum absolute atomic E-state index is 13.2. The van der Waals surface area contributed by atoms with Crippen LogP contribution in [0.5, 0.6) is 5.75 Å². The Bertz CT molecular complexity index is 898. The topological polar surface area (TPSA) is 46.5 Å². The van der Waals surface area contributed by atoms with Crippen molar-refractivity contribution in [2.24, 2.45) is 0 Å². The summed E-state index contributed by atoms with van der Waals surface area (Å²) in [6.45, 7) is 3.82. The van der Waals surface area contributed by atoms with Gasteiger partial charge in [0, 0.05) is 5.56 Å². The van der Waals surface area contributed by atoms with E-state index in [1.807, 2.05) is 38.1 Å². The number of alkyl halides is 3. The van der Waals surface area contributed by atoms with Crippen molar-refractivity contribution < 1.29 is 27.8 Å². The van der Waals surface area contributed by atoms with Gasteiger partial charge in [0.05, 0.1) is 5.57 Å². The lowest BCUT2D eigenvalue weighted by Crippen LogP contribution is -2.40. The summed E-state index contributed by atoms with van der Waals surface area (Å²) in [4.78, 5) is 11.2. The number of rotatable bonds is 3. The molecule has 1 heterocycles. The Morgan fingerprint density at radius 2 is 1.81 bits per heavy atom. The molecule has 3 nitrogen and oxygen atoms in total. The minimum absolute atomic E-state index is 0.0477. The molecular formula is C20H17F3O3. The highest BCUT2D eigenvalue weighted by molar-refractivity contribution is 5.95. The lowest BCUT2D eigenvalue weighted by Gasteiger charge is -2.28. The number of hydrogen-bond acceptors (Lipinski definition) is 2. The number of aryl methyl sites for hydroxylation is 2. The maximum Gasteiger partial charge on any atom is 0.430 e. The first-order valence-electron chi connectivity index (χ1n) is 8.03. The molecular weight excluding hydrogens is 345 g/mol. The van der Waals surface area contributed by atoms with Crippen molar-refractivity contribution >= 4 is 12.0 Å². The zero-order chi connectivity index (χ0) is 19.1. The van der Waals surface area contributed by atoms with Crippen molar-refractivity contribution in [2.45, 2.75) is 32.5 Å². The lowest BCUT2D eigenvalue weighted by atomic mass is 9.93. The molecule has 0 aromatic heterocycles. The Labute approximate surface area is 148 Å². The maximum atomic E-state index is 13.2. The van der Waals surface area contributed by atoms with Crippen LogP contribution >= 0.6 is 0 Å². The fraction of sp³-hybridized carbons (Fsp3) is 0.250. The summed E-state index contributed by atoms with van der Waals surface area (Å²) in [7, 11) is 0. The van der Waals surface area contributed by atoms with Gasteiger partial charge in [-0.25, -0.2) is 4.79 Å². The number of carbonyl (C=O) groups is 1. The van der Waals surface area contributed by atoms with Gasteiger partial charge in [-0.2, -0.15) is 13.2 Å². The summed E-state index contributed by atoms with van der Waals surface area (Å²) >= 11 is 0. The number of ether oxygens (including phenoxy) is 1. The van der Waals surface area contributed by atoms with Gasteiger partial charge in [-0.05, 0) is 60.7 Å². The Kier molecular flexibility index (Phi) is 4.52. The predicted octanol–water partition coefficient (Wildman–Crippen LogP) is 4.69. The normalized spacial score (nSPS) is 16.5. The third-order valence-corrected chi connectivity index (χ3v) is 4.49. The van der Waals surface area contributed by atoms with Gasteiger partial charge in [0.2, 0.25) is 6.10 Å². The molecule has 0 saturated heterocycles. The summed E-state index contributed by atoms with van der Waals surface area (Å²) in [5.41, 5.74) is 3.39. The van der Waals surface area contributed by atoms with E-state index in [4.69, 9.17) is 9.84 Å². The molecule has 2 aromatic carbocycles. The fourth-order valence-corrected chi connectivity index (χ4v) is 3.02. The van der Waals surface area contributed by atoms with E-state index < -0.39 is 23.8 Å². The van der Waals surface area contributed by atoms with Crippen LogP contribution in [0, 0.1) is 13.8 Å². The van der Waals surface area contributed by atoms with Gasteiger partial charge in [-0.15, -0.1) is 0 Å². The highest BCUT2D eigenvalue weighted by Gasteiger charge is 2.48. The second-order valence-corrected chi connectivity index (χ2v) is 6.36. The van der Waals surface area contributed by atoms with Crippen molar-refractivity contribution in [1.29, 1.82) is 0 Å². The second-order valence-electron chi connectivity index (χ2n) is 6.36.